The fourth-order valence-corrected chi connectivity index (χ4v) is 15.5. The van der Waals surface area contributed by atoms with Crippen LogP contribution in [0.15, 0.2) is 30.3 Å². The molecule has 0 amide bonds. The van der Waals surface area contributed by atoms with Gasteiger partial charge in [0, 0.05) is 37.8 Å². The van der Waals surface area contributed by atoms with Gasteiger partial charge in [-0.15, -0.1) is 0 Å². The Morgan fingerprint density at radius 3 is 2.25 bits per heavy atom. The van der Waals surface area contributed by atoms with Crippen molar-refractivity contribution in [2.75, 3.05) is 51.8 Å². The lowest BCUT2D eigenvalue weighted by Gasteiger charge is -2.72. The Labute approximate surface area is 309 Å². The first-order chi connectivity index (χ1) is 23.9. The predicted molar refractivity (Wildman–Crippen MR) is 207 cm³/mol. The van der Waals surface area contributed by atoms with Crippen molar-refractivity contribution in [3.05, 3.63) is 41.5 Å². The fourth-order valence-electron chi connectivity index (χ4n) is 14.2. The molecule has 5 fully saturated rings. The summed E-state index contributed by atoms with van der Waals surface area (Å²) in [5.74, 6) is 3.04. The normalized spacial score (nSPS) is 42.2. The quantitative estimate of drug-likeness (QED) is 0.288. The molecule has 4 saturated carbocycles. The number of carboxylic acid groups (broad SMARTS) is 1. The topological polar surface area (TPSA) is 90.0 Å². The fraction of sp³-hybridized carbons (Fsp3) is 0.791. The molecule has 5 aliphatic carbocycles. The first kappa shape index (κ1) is 37.6. The molecule has 7 nitrogen and oxygen atoms in total. The van der Waals surface area contributed by atoms with Crippen LogP contribution in [0.3, 0.4) is 0 Å². The van der Waals surface area contributed by atoms with E-state index in [0.717, 1.165) is 19.5 Å². The van der Waals surface area contributed by atoms with Gasteiger partial charge in [-0.1, -0.05) is 52.8 Å². The number of hydrogen-bond donors (Lipinski definition) is 2. The molecule has 1 aromatic rings. The molecule has 4 unspecified atom stereocenters. The van der Waals surface area contributed by atoms with E-state index >= 15 is 0 Å². The minimum absolute atomic E-state index is 0.0126. The largest absolute Gasteiger partial charge is 0.478 e. The van der Waals surface area contributed by atoms with Gasteiger partial charge in [0.1, 0.15) is 0 Å². The second kappa shape index (κ2) is 12.9. The van der Waals surface area contributed by atoms with Crippen molar-refractivity contribution < 1.29 is 18.3 Å². The Morgan fingerprint density at radius 1 is 0.922 bits per heavy atom. The molecule has 8 heteroatoms. The average molecular weight is 722 g/mol. The van der Waals surface area contributed by atoms with Gasteiger partial charge in [-0.25, -0.2) is 13.2 Å². The van der Waals surface area contributed by atoms with E-state index in [-0.39, 0.29) is 27.2 Å². The van der Waals surface area contributed by atoms with E-state index in [1.165, 1.54) is 62.5 Å². The van der Waals surface area contributed by atoms with Gasteiger partial charge in [0.15, 0.2) is 9.84 Å². The van der Waals surface area contributed by atoms with Crippen LogP contribution in [-0.2, 0) is 9.84 Å². The highest BCUT2D eigenvalue weighted by Gasteiger charge is 2.70. The van der Waals surface area contributed by atoms with E-state index in [2.05, 4.69) is 76.8 Å². The molecule has 1 saturated heterocycles. The number of aromatic carboxylic acids is 1. The zero-order valence-electron chi connectivity index (χ0n) is 32.9. The molecule has 1 aliphatic heterocycles. The van der Waals surface area contributed by atoms with Crippen molar-refractivity contribution in [1.29, 1.82) is 0 Å². The molecular weight excluding hydrogens is 655 g/mol. The highest BCUT2D eigenvalue weighted by atomic mass is 32.2. The third-order valence-corrected chi connectivity index (χ3v) is 18.9. The van der Waals surface area contributed by atoms with Gasteiger partial charge < -0.3 is 20.2 Å². The Kier molecular flexibility index (Phi) is 9.53. The van der Waals surface area contributed by atoms with Crippen molar-refractivity contribution in [2.24, 2.45) is 51.2 Å². The third kappa shape index (κ3) is 5.90. The van der Waals surface area contributed by atoms with Gasteiger partial charge in [0.25, 0.3) is 0 Å². The van der Waals surface area contributed by atoms with Gasteiger partial charge in [-0.05, 0) is 153 Å². The maximum atomic E-state index is 12.1. The van der Waals surface area contributed by atoms with Crippen LogP contribution in [-0.4, -0.2) is 92.7 Å². The van der Waals surface area contributed by atoms with E-state index in [9.17, 15) is 18.3 Å². The summed E-state index contributed by atoms with van der Waals surface area (Å²) in [4.78, 5) is 16.4. The Bertz CT molecular complexity index is 1620. The average Bonchev–Trinajstić information content (AvgIpc) is 3.45. The van der Waals surface area contributed by atoms with E-state index < -0.39 is 15.8 Å². The van der Waals surface area contributed by atoms with Gasteiger partial charge >= 0.3 is 5.97 Å². The third-order valence-electron chi connectivity index (χ3n) is 17.3. The van der Waals surface area contributed by atoms with Crippen LogP contribution in [0.4, 0.5) is 0 Å². The van der Waals surface area contributed by atoms with E-state index in [1.54, 1.807) is 12.1 Å². The summed E-state index contributed by atoms with van der Waals surface area (Å²) in [6.07, 6.45) is 13.9. The van der Waals surface area contributed by atoms with Crippen LogP contribution in [0.25, 0.3) is 5.57 Å². The lowest BCUT2D eigenvalue weighted by Crippen LogP contribution is -2.68. The van der Waals surface area contributed by atoms with Crippen LogP contribution >= 0.6 is 0 Å². The SMILES string of the molecule is CC([C@@H]1CCC2(NCCN3CCS(=O)(=O)CC3)CC[C@]3(C)C(CC[C@@H]4C5(C)CC=C(c6ccc(C(=O)O)cc6)C(C)(C)[C@@H]5CC[C@]43C)[C@@H]12)N(C)C. The summed E-state index contributed by atoms with van der Waals surface area (Å²) in [6.45, 7) is 18.8. The first-order valence-corrected chi connectivity index (χ1v) is 22.1. The number of sulfone groups is 1. The molecule has 0 radical (unpaired) electrons. The molecule has 51 heavy (non-hydrogen) atoms. The summed E-state index contributed by atoms with van der Waals surface area (Å²) in [7, 11) is 1.69. The number of carbonyl (C=O) groups is 1. The first-order valence-electron chi connectivity index (χ1n) is 20.3. The maximum Gasteiger partial charge on any atom is 0.335 e. The summed E-state index contributed by atoms with van der Waals surface area (Å²) in [6, 6.07) is 8.15. The smallest absolute Gasteiger partial charge is 0.335 e. The Balaban J connectivity index is 1.16. The number of benzene rings is 1. The summed E-state index contributed by atoms with van der Waals surface area (Å²) in [5.41, 5.74) is 3.92. The number of carboxylic acids is 1. The molecule has 7 rings (SSSR count). The minimum Gasteiger partial charge on any atom is -0.478 e. The summed E-state index contributed by atoms with van der Waals surface area (Å²) >= 11 is 0. The summed E-state index contributed by atoms with van der Waals surface area (Å²) in [5, 5.41) is 13.8. The van der Waals surface area contributed by atoms with Gasteiger partial charge in [0.05, 0.1) is 17.1 Å². The molecule has 284 valence electrons. The molecule has 6 aliphatic rings. The zero-order chi connectivity index (χ0) is 36.8. The molecule has 2 N–H and O–H groups in total. The standard InChI is InChI=1S/C43H67N3O4S/c1-29(45(7)8)32-15-20-43(44-23-24-46-25-27-51(49,50)28-26-46)22-21-41(5)34(37(32)43)13-14-36-40(4)18-16-33(30-9-11-31(12-10-30)38(47)48)39(2,3)35(40)17-19-42(36,41)6/h9-12,16,29,32,34-37,44H,13-15,17-28H2,1-8H3,(H,47,48)/t29?,32-,34?,35-,36+,37+,40?,41+,42+,43?/m0/s1. The van der Waals surface area contributed by atoms with Crippen LogP contribution in [0.2, 0.25) is 0 Å². The van der Waals surface area contributed by atoms with Gasteiger partial charge in [-0.3, -0.25) is 0 Å². The van der Waals surface area contributed by atoms with Crippen LogP contribution in [0.1, 0.15) is 115 Å². The second-order valence-electron chi connectivity index (χ2n) is 19.6. The summed E-state index contributed by atoms with van der Waals surface area (Å²) < 4.78 is 24.2. The Morgan fingerprint density at radius 2 is 1.61 bits per heavy atom. The second-order valence-corrected chi connectivity index (χ2v) is 21.9. The number of nitrogens with one attached hydrogen (secondary N) is 1. The van der Waals surface area contributed by atoms with Gasteiger partial charge in [0.2, 0.25) is 0 Å². The van der Waals surface area contributed by atoms with Crippen molar-refractivity contribution >= 4 is 21.4 Å². The number of fused-ring (bicyclic) bond motifs is 7. The highest BCUT2D eigenvalue weighted by molar-refractivity contribution is 7.91. The minimum atomic E-state index is -2.86. The molecule has 1 heterocycles. The van der Waals surface area contributed by atoms with Crippen LogP contribution < -0.4 is 5.32 Å². The van der Waals surface area contributed by atoms with Crippen molar-refractivity contribution in [3.8, 4) is 0 Å². The van der Waals surface area contributed by atoms with Crippen molar-refractivity contribution in [1.82, 2.24) is 15.1 Å². The molecule has 0 aromatic heterocycles. The van der Waals surface area contributed by atoms with Crippen molar-refractivity contribution in [2.45, 2.75) is 111 Å². The van der Waals surface area contributed by atoms with Crippen LogP contribution in [0.5, 0.6) is 0 Å². The van der Waals surface area contributed by atoms with Crippen LogP contribution in [0, 0.1) is 51.2 Å². The predicted octanol–water partition coefficient (Wildman–Crippen LogP) is 7.48. The number of rotatable bonds is 8. The van der Waals surface area contributed by atoms with Gasteiger partial charge in [-0.2, -0.15) is 0 Å². The monoisotopic (exact) mass is 721 g/mol. The maximum absolute atomic E-state index is 12.1. The zero-order valence-corrected chi connectivity index (χ0v) is 33.7. The molecule has 10 atom stereocenters. The van der Waals surface area contributed by atoms with E-state index in [0.29, 0.717) is 65.8 Å². The van der Waals surface area contributed by atoms with Crippen molar-refractivity contribution in [3.63, 3.8) is 0 Å². The number of hydrogen-bond acceptors (Lipinski definition) is 6. The molecule has 1 aromatic carbocycles. The van der Waals surface area contributed by atoms with E-state index in [4.69, 9.17) is 0 Å². The lowest BCUT2D eigenvalue weighted by atomic mass is 9.33. The molecule has 0 spiro atoms. The van der Waals surface area contributed by atoms with E-state index in [1.807, 2.05) is 12.1 Å². The lowest BCUT2D eigenvalue weighted by molar-refractivity contribution is -0.221. The molecular formula is C43H67N3O4S. The number of allylic oxidation sites excluding steroid dienone is 2. The molecule has 0 bridgehead atoms. The highest BCUT2D eigenvalue weighted by Crippen LogP contribution is 2.76. The Hall–Kier alpha value is -1.74. The number of nitrogens with zero attached hydrogens (tertiary/aromatic N) is 2.